The Balaban J connectivity index is 1.68. The molecule has 3 aromatic carbocycles. The molecule has 172 valence electrons. The van der Waals surface area contributed by atoms with E-state index >= 15 is 0 Å². The smallest absolute Gasteiger partial charge is 0.200 e. The van der Waals surface area contributed by atoms with Gasteiger partial charge in [-0.2, -0.15) is 0 Å². The van der Waals surface area contributed by atoms with Gasteiger partial charge in [-0.25, -0.2) is 0 Å². The highest BCUT2D eigenvalue weighted by Crippen LogP contribution is 2.60. The van der Waals surface area contributed by atoms with Crippen molar-refractivity contribution in [1.82, 2.24) is 0 Å². The van der Waals surface area contributed by atoms with Crippen LogP contribution in [-0.2, 0) is 0 Å². The topological polar surface area (TPSA) is 147 Å². The summed E-state index contributed by atoms with van der Waals surface area (Å²) in [6.45, 7) is 1.41. The Morgan fingerprint density at radius 2 is 1.59 bits per heavy atom. The number of aromatic hydroxyl groups is 2. The maximum Gasteiger partial charge on any atom is 0.200 e. The molecule has 3 aliphatic rings. The molecule has 0 unspecified atom stereocenters. The zero-order valence-electron chi connectivity index (χ0n) is 18.0. The molecular formula is C26H21NO7. The highest BCUT2D eigenvalue weighted by Gasteiger charge is 2.60. The van der Waals surface area contributed by atoms with Gasteiger partial charge in [0, 0.05) is 5.56 Å². The molecule has 0 saturated heterocycles. The number of hydrogen-bond acceptors (Lipinski definition) is 8. The number of aliphatic hydroxyl groups is 3. The Morgan fingerprint density at radius 1 is 0.882 bits per heavy atom. The van der Waals surface area contributed by atoms with Gasteiger partial charge < -0.3 is 30.8 Å². The minimum Gasteiger partial charge on any atom is -0.507 e. The van der Waals surface area contributed by atoms with Gasteiger partial charge in [-0.3, -0.25) is 9.59 Å². The van der Waals surface area contributed by atoms with Crippen molar-refractivity contribution in [1.29, 1.82) is 0 Å². The molecule has 2 bridgehead atoms. The largest absolute Gasteiger partial charge is 0.507 e. The second kappa shape index (κ2) is 6.66. The van der Waals surface area contributed by atoms with Crippen LogP contribution in [0.2, 0.25) is 0 Å². The number of rotatable bonds is 1. The van der Waals surface area contributed by atoms with Gasteiger partial charge in [-0.05, 0) is 35.7 Å². The molecule has 6 rings (SSSR count). The summed E-state index contributed by atoms with van der Waals surface area (Å²) in [6, 6.07) is 11.4. The molecular weight excluding hydrogens is 438 g/mol. The van der Waals surface area contributed by atoms with Gasteiger partial charge in [-0.1, -0.05) is 36.4 Å². The van der Waals surface area contributed by atoms with E-state index in [-0.39, 0.29) is 39.3 Å². The maximum absolute atomic E-state index is 13.6. The van der Waals surface area contributed by atoms with Crippen LogP contribution in [0.25, 0.3) is 0 Å². The number of carbonyl (C=O) groups is 2. The minimum absolute atomic E-state index is 0.0189. The quantitative estimate of drug-likeness (QED) is 0.238. The van der Waals surface area contributed by atoms with E-state index in [1.165, 1.54) is 31.2 Å². The highest BCUT2D eigenvalue weighted by atomic mass is 16.3. The number of anilines is 1. The van der Waals surface area contributed by atoms with Crippen LogP contribution in [0.3, 0.4) is 0 Å². The zero-order chi connectivity index (χ0) is 24.1. The number of phenolic OH excluding ortho intramolecular Hbond substituents is 2. The van der Waals surface area contributed by atoms with Gasteiger partial charge in [0.15, 0.2) is 11.6 Å². The Hall–Kier alpha value is -3.72. The third-order valence-corrected chi connectivity index (χ3v) is 7.50. The fourth-order valence-electron chi connectivity index (χ4n) is 5.94. The molecule has 0 spiro atoms. The van der Waals surface area contributed by atoms with E-state index in [1.807, 2.05) is 0 Å². The lowest BCUT2D eigenvalue weighted by atomic mass is 9.60. The first-order valence-corrected chi connectivity index (χ1v) is 10.9. The number of phenols is 2. The highest BCUT2D eigenvalue weighted by molar-refractivity contribution is 6.32. The van der Waals surface area contributed by atoms with Gasteiger partial charge in [0.1, 0.15) is 17.1 Å². The van der Waals surface area contributed by atoms with Crippen molar-refractivity contribution >= 4 is 17.3 Å². The Bertz CT molecular complexity index is 1430. The summed E-state index contributed by atoms with van der Waals surface area (Å²) < 4.78 is 0. The van der Waals surface area contributed by atoms with Crippen LogP contribution >= 0.6 is 0 Å². The molecule has 3 aromatic rings. The Kier molecular flexibility index (Phi) is 4.09. The summed E-state index contributed by atoms with van der Waals surface area (Å²) in [5, 5.41) is 58.2. The van der Waals surface area contributed by atoms with E-state index in [0.29, 0.717) is 11.1 Å². The molecule has 6 N–H and O–H groups in total. The second-order valence-electron chi connectivity index (χ2n) is 9.16. The lowest BCUT2D eigenvalue weighted by Crippen LogP contribution is -2.60. The van der Waals surface area contributed by atoms with E-state index < -0.39 is 47.1 Å². The molecule has 0 amide bonds. The number of ketones is 2. The van der Waals surface area contributed by atoms with E-state index in [2.05, 4.69) is 5.32 Å². The molecule has 0 radical (unpaired) electrons. The summed E-state index contributed by atoms with van der Waals surface area (Å²) in [7, 11) is 0. The monoisotopic (exact) mass is 459 g/mol. The predicted octanol–water partition coefficient (Wildman–Crippen LogP) is 2.28. The molecule has 8 nitrogen and oxygen atoms in total. The average Bonchev–Trinajstić information content (AvgIpc) is 2.80. The van der Waals surface area contributed by atoms with E-state index in [0.717, 1.165) is 0 Å². The SMILES string of the molecule is C[C@@H](O)[C@@]1(O)[C@@H]2c3cc(O)c4c(c3N[C@H]1c1ccccc1[C@H]2O)C(=O)c1c(O)cccc1C4=O. The molecule has 0 fully saturated rings. The second-order valence-corrected chi connectivity index (χ2v) is 9.16. The Labute approximate surface area is 193 Å². The van der Waals surface area contributed by atoms with Crippen LogP contribution in [0.1, 0.15) is 73.5 Å². The molecule has 1 aliphatic heterocycles. The van der Waals surface area contributed by atoms with Crippen LogP contribution in [0.15, 0.2) is 48.5 Å². The number of fused-ring (bicyclic) bond motifs is 9. The van der Waals surface area contributed by atoms with E-state index in [1.54, 1.807) is 24.3 Å². The number of benzene rings is 3. The van der Waals surface area contributed by atoms with Crippen molar-refractivity contribution in [2.45, 2.75) is 36.7 Å². The van der Waals surface area contributed by atoms with Gasteiger partial charge in [0.25, 0.3) is 0 Å². The normalized spacial score (nSPS) is 27.1. The molecule has 2 aliphatic carbocycles. The third kappa shape index (κ3) is 2.32. The molecule has 1 heterocycles. The van der Waals surface area contributed by atoms with Crippen LogP contribution < -0.4 is 5.32 Å². The first kappa shape index (κ1) is 20.9. The van der Waals surface area contributed by atoms with Crippen LogP contribution in [0.5, 0.6) is 11.5 Å². The number of nitrogens with one attached hydrogen (secondary N) is 1. The summed E-state index contributed by atoms with van der Waals surface area (Å²) in [6.07, 6.45) is -2.56. The van der Waals surface area contributed by atoms with Crippen LogP contribution in [0.4, 0.5) is 5.69 Å². The summed E-state index contributed by atoms with van der Waals surface area (Å²) >= 11 is 0. The summed E-state index contributed by atoms with van der Waals surface area (Å²) in [5.41, 5.74) is -0.966. The molecule has 5 atom stereocenters. The Morgan fingerprint density at radius 3 is 2.29 bits per heavy atom. The number of carbonyl (C=O) groups excluding carboxylic acids is 2. The fraction of sp³-hybridized carbons (Fsp3) is 0.231. The standard InChI is InChI=1S/C26H21NO7/c1-10(28)26(34)20-14-9-16(30)18-19(24(33)17-13(22(18)31)7-4-8-15(17)29)21(14)27-25(26)12-6-3-2-5-11(12)23(20)32/h2-10,20,23,25,27-30,32,34H,1H3/t10-,20-,23-,25+,26-/m1/s1. The maximum atomic E-state index is 13.6. The van der Waals surface area contributed by atoms with Crippen molar-refractivity contribution in [2.75, 3.05) is 5.32 Å². The van der Waals surface area contributed by atoms with E-state index in [4.69, 9.17) is 0 Å². The van der Waals surface area contributed by atoms with Gasteiger partial charge in [0.05, 0.1) is 46.5 Å². The molecule has 0 aromatic heterocycles. The van der Waals surface area contributed by atoms with Crippen LogP contribution in [-0.4, -0.2) is 48.8 Å². The summed E-state index contributed by atoms with van der Waals surface area (Å²) in [4.78, 5) is 26.9. The predicted molar refractivity (Wildman–Crippen MR) is 120 cm³/mol. The van der Waals surface area contributed by atoms with Crippen LogP contribution in [0, 0.1) is 0 Å². The van der Waals surface area contributed by atoms with Crippen molar-refractivity contribution in [3.63, 3.8) is 0 Å². The minimum atomic E-state index is -1.89. The number of hydrogen-bond donors (Lipinski definition) is 6. The summed E-state index contributed by atoms with van der Waals surface area (Å²) in [5.74, 6) is -3.25. The van der Waals surface area contributed by atoms with Crippen molar-refractivity contribution in [3.8, 4) is 11.5 Å². The van der Waals surface area contributed by atoms with Crippen molar-refractivity contribution in [2.24, 2.45) is 0 Å². The third-order valence-electron chi connectivity index (χ3n) is 7.50. The van der Waals surface area contributed by atoms with E-state index in [9.17, 15) is 35.1 Å². The van der Waals surface area contributed by atoms with Gasteiger partial charge in [-0.15, -0.1) is 0 Å². The van der Waals surface area contributed by atoms with Crippen molar-refractivity contribution < 1.29 is 35.1 Å². The van der Waals surface area contributed by atoms with Gasteiger partial charge in [0.2, 0.25) is 0 Å². The molecule has 34 heavy (non-hydrogen) atoms. The average molecular weight is 459 g/mol. The lowest BCUT2D eigenvalue weighted by Gasteiger charge is -2.54. The first-order chi connectivity index (χ1) is 16.2. The number of aliphatic hydroxyl groups excluding tert-OH is 2. The molecule has 8 heteroatoms. The zero-order valence-corrected chi connectivity index (χ0v) is 18.0. The molecule has 0 saturated carbocycles. The first-order valence-electron chi connectivity index (χ1n) is 10.9. The van der Waals surface area contributed by atoms with Gasteiger partial charge >= 0.3 is 0 Å². The van der Waals surface area contributed by atoms with Crippen molar-refractivity contribution in [3.05, 3.63) is 87.5 Å². The fourth-order valence-corrected chi connectivity index (χ4v) is 5.94. The lowest BCUT2D eigenvalue weighted by molar-refractivity contribution is -0.133.